The van der Waals surface area contributed by atoms with E-state index < -0.39 is 0 Å². The molecule has 0 saturated heterocycles. The molecule has 20 heavy (non-hydrogen) atoms. The molecule has 0 radical (unpaired) electrons. The lowest BCUT2D eigenvalue weighted by Gasteiger charge is -2.15. The number of hydrogen-bond acceptors (Lipinski definition) is 3. The van der Waals surface area contributed by atoms with Crippen LogP contribution in [0.1, 0.15) is 25.0 Å². The van der Waals surface area contributed by atoms with Crippen molar-refractivity contribution in [1.29, 1.82) is 0 Å². The third-order valence-electron chi connectivity index (χ3n) is 2.88. The molecule has 0 aliphatic heterocycles. The lowest BCUT2D eigenvalue weighted by atomic mass is 10.2. The smallest absolute Gasteiger partial charge is 0.138 e. The Morgan fingerprint density at radius 3 is 2.65 bits per heavy atom. The Kier molecular flexibility index (Phi) is 5.56. The Morgan fingerprint density at radius 2 is 1.95 bits per heavy atom. The first-order valence-corrected chi connectivity index (χ1v) is 7.48. The summed E-state index contributed by atoms with van der Waals surface area (Å²) in [5, 5.41) is 3.42. The molecule has 0 saturated carbocycles. The number of aromatic nitrogens is 1. The molecule has 0 unspecified atom stereocenters. The van der Waals surface area contributed by atoms with E-state index in [0.29, 0.717) is 12.6 Å². The van der Waals surface area contributed by atoms with E-state index in [-0.39, 0.29) is 0 Å². The molecule has 4 heteroatoms. The Labute approximate surface area is 128 Å². The number of ether oxygens (including phenoxy) is 1. The van der Waals surface area contributed by atoms with Crippen molar-refractivity contribution in [1.82, 2.24) is 10.3 Å². The minimum Gasteiger partial charge on any atom is -0.487 e. The summed E-state index contributed by atoms with van der Waals surface area (Å²) in [6, 6.07) is 10.5. The van der Waals surface area contributed by atoms with Gasteiger partial charge in [0.25, 0.3) is 0 Å². The normalized spacial score (nSPS) is 10.8. The monoisotopic (exact) mass is 334 g/mol. The maximum Gasteiger partial charge on any atom is 0.138 e. The van der Waals surface area contributed by atoms with E-state index in [9.17, 15) is 0 Å². The first kappa shape index (κ1) is 15.0. The van der Waals surface area contributed by atoms with E-state index in [1.54, 1.807) is 12.4 Å². The van der Waals surface area contributed by atoms with Crippen LogP contribution in [0.25, 0.3) is 0 Å². The molecule has 2 rings (SSSR count). The number of pyridine rings is 1. The molecule has 0 atom stereocenters. The Bertz CT molecular complexity index is 543. The van der Waals surface area contributed by atoms with Gasteiger partial charge in [-0.15, -0.1) is 0 Å². The molecule has 106 valence electrons. The average molecular weight is 335 g/mol. The largest absolute Gasteiger partial charge is 0.487 e. The molecular formula is C16H19BrN2O. The Hall–Kier alpha value is -1.39. The molecular weight excluding hydrogens is 316 g/mol. The van der Waals surface area contributed by atoms with Gasteiger partial charge in [-0.25, -0.2) is 0 Å². The Morgan fingerprint density at radius 1 is 1.20 bits per heavy atom. The minimum atomic E-state index is 0.446. The Balaban J connectivity index is 2.09. The minimum absolute atomic E-state index is 0.446. The third kappa shape index (κ3) is 4.32. The zero-order valence-electron chi connectivity index (χ0n) is 11.8. The van der Waals surface area contributed by atoms with Crippen LogP contribution in [0.3, 0.4) is 0 Å². The van der Waals surface area contributed by atoms with E-state index in [1.807, 2.05) is 24.3 Å². The second-order valence-electron chi connectivity index (χ2n) is 4.91. The number of nitrogens with zero attached hydrogens (tertiary/aromatic N) is 1. The summed E-state index contributed by atoms with van der Waals surface area (Å²) in [7, 11) is 0. The molecule has 0 aliphatic carbocycles. The van der Waals surface area contributed by atoms with Gasteiger partial charge < -0.3 is 10.1 Å². The van der Waals surface area contributed by atoms with Crippen LogP contribution in [-0.4, -0.2) is 11.0 Å². The van der Waals surface area contributed by atoms with Crippen molar-refractivity contribution in [2.75, 3.05) is 0 Å². The predicted molar refractivity (Wildman–Crippen MR) is 84.7 cm³/mol. The number of halogens is 1. The van der Waals surface area contributed by atoms with E-state index in [0.717, 1.165) is 27.9 Å². The van der Waals surface area contributed by atoms with E-state index in [4.69, 9.17) is 4.74 Å². The fourth-order valence-corrected chi connectivity index (χ4v) is 2.32. The van der Waals surface area contributed by atoms with Gasteiger partial charge in [0.15, 0.2) is 0 Å². The van der Waals surface area contributed by atoms with E-state index in [2.05, 4.69) is 46.1 Å². The van der Waals surface area contributed by atoms with Gasteiger partial charge in [0.05, 0.1) is 4.47 Å². The number of rotatable bonds is 6. The summed E-state index contributed by atoms with van der Waals surface area (Å²) in [6.07, 6.45) is 3.56. The highest BCUT2D eigenvalue weighted by molar-refractivity contribution is 9.10. The SMILES string of the molecule is CC(C)NCc1cccc(Br)c1OCc1ccncc1. The van der Waals surface area contributed by atoms with Crippen LogP contribution in [0.15, 0.2) is 47.2 Å². The third-order valence-corrected chi connectivity index (χ3v) is 3.51. The molecule has 0 amide bonds. The highest BCUT2D eigenvalue weighted by Crippen LogP contribution is 2.29. The number of para-hydroxylation sites is 1. The second-order valence-corrected chi connectivity index (χ2v) is 5.76. The molecule has 0 aliphatic rings. The highest BCUT2D eigenvalue weighted by Gasteiger charge is 2.08. The molecule has 0 bridgehead atoms. The van der Waals surface area contributed by atoms with E-state index in [1.165, 1.54) is 0 Å². The summed E-state index contributed by atoms with van der Waals surface area (Å²) < 4.78 is 6.95. The van der Waals surface area contributed by atoms with Crippen LogP contribution < -0.4 is 10.1 Å². The van der Waals surface area contributed by atoms with Crippen LogP contribution in [0.4, 0.5) is 0 Å². The lowest BCUT2D eigenvalue weighted by molar-refractivity contribution is 0.299. The van der Waals surface area contributed by atoms with Gasteiger partial charge in [-0.2, -0.15) is 0 Å². The number of nitrogens with one attached hydrogen (secondary N) is 1. The fourth-order valence-electron chi connectivity index (χ4n) is 1.80. The molecule has 3 nitrogen and oxygen atoms in total. The van der Waals surface area contributed by atoms with Crippen molar-refractivity contribution in [3.8, 4) is 5.75 Å². The summed E-state index contributed by atoms with van der Waals surface area (Å²) in [5.74, 6) is 0.900. The van der Waals surface area contributed by atoms with Crippen LogP contribution in [0.2, 0.25) is 0 Å². The van der Waals surface area contributed by atoms with Crippen molar-refractivity contribution >= 4 is 15.9 Å². The van der Waals surface area contributed by atoms with Gasteiger partial charge in [-0.3, -0.25) is 4.98 Å². The summed E-state index contributed by atoms with van der Waals surface area (Å²) in [4.78, 5) is 4.01. The molecule has 0 spiro atoms. The van der Waals surface area contributed by atoms with Crippen molar-refractivity contribution < 1.29 is 4.74 Å². The quantitative estimate of drug-likeness (QED) is 0.869. The van der Waals surface area contributed by atoms with Crippen molar-refractivity contribution in [3.63, 3.8) is 0 Å². The van der Waals surface area contributed by atoms with Crippen molar-refractivity contribution in [2.45, 2.75) is 33.0 Å². The summed E-state index contributed by atoms with van der Waals surface area (Å²) in [6.45, 7) is 5.60. The summed E-state index contributed by atoms with van der Waals surface area (Å²) in [5.41, 5.74) is 2.26. The standard InChI is InChI=1S/C16H19BrN2O/c1-12(2)19-10-14-4-3-5-15(17)16(14)20-11-13-6-8-18-9-7-13/h3-9,12,19H,10-11H2,1-2H3. The van der Waals surface area contributed by atoms with Gasteiger partial charge in [-0.1, -0.05) is 26.0 Å². The second kappa shape index (κ2) is 7.41. The van der Waals surface area contributed by atoms with Crippen LogP contribution in [0.5, 0.6) is 5.75 Å². The topological polar surface area (TPSA) is 34.1 Å². The molecule has 2 aromatic rings. The summed E-state index contributed by atoms with van der Waals surface area (Å²) >= 11 is 3.56. The van der Waals surface area contributed by atoms with Gasteiger partial charge in [0.1, 0.15) is 12.4 Å². The fraction of sp³-hybridized carbons (Fsp3) is 0.312. The molecule has 1 N–H and O–H groups in total. The van der Waals surface area contributed by atoms with Crippen molar-refractivity contribution in [3.05, 3.63) is 58.3 Å². The first-order valence-electron chi connectivity index (χ1n) is 6.69. The number of hydrogen-bond donors (Lipinski definition) is 1. The predicted octanol–water partition coefficient (Wildman–Crippen LogP) is 3.92. The molecule has 1 aromatic heterocycles. The van der Waals surface area contributed by atoms with Gasteiger partial charge in [0, 0.05) is 30.5 Å². The maximum atomic E-state index is 5.97. The zero-order valence-corrected chi connectivity index (χ0v) is 13.4. The van der Waals surface area contributed by atoms with Crippen LogP contribution in [0, 0.1) is 0 Å². The van der Waals surface area contributed by atoms with Crippen LogP contribution >= 0.6 is 15.9 Å². The van der Waals surface area contributed by atoms with Gasteiger partial charge >= 0.3 is 0 Å². The average Bonchev–Trinajstić information content (AvgIpc) is 2.45. The van der Waals surface area contributed by atoms with Gasteiger partial charge in [-0.05, 0) is 39.7 Å². The zero-order chi connectivity index (χ0) is 14.4. The highest BCUT2D eigenvalue weighted by atomic mass is 79.9. The number of benzene rings is 1. The van der Waals surface area contributed by atoms with Crippen molar-refractivity contribution in [2.24, 2.45) is 0 Å². The van der Waals surface area contributed by atoms with Crippen LogP contribution in [-0.2, 0) is 13.2 Å². The molecule has 1 aromatic carbocycles. The maximum absolute atomic E-state index is 5.97. The first-order chi connectivity index (χ1) is 9.66. The van der Waals surface area contributed by atoms with E-state index >= 15 is 0 Å². The molecule has 0 fully saturated rings. The lowest BCUT2D eigenvalue weighted by Crippen LogP contribution is -2.22. The molecule has 1 heterocycles. The van der Waals surface area contributed by atoms with Gasteiger partial charge in [0.2, 0.25) is 0 Å².